The first kappa shape index (κ1) is 16.1. The summed E-state index contributed by atoms with van der Waals surface area (Å²) in [7, 11) is 0. The Morgan fingerprint density at radius 2 is 0.700 bits per heavy atom. The molecular formula is C27H21N3. The molecule has 1 aliphatic rings. The van der Waals surface area contributed by atoms with Gasteiger partial charge in [-0.25, -0.2) is 0 Å². The highest BCUT2D eigenvalue weighted by molar-refractivity contribution is 5.90. The Kier molecular flexibility index (Phi) is 3.17. The molecule has 7 rings (SSSR count). The van der Waals surface area contributed by atoms with Crippen molar-refractivity contribution in [1.82, 2.24) is 15.0 Å². The lowest BCUT2D eigenvalue weighted by molar-refractivity contribution is 1.05. The topological polar surface area (TPSA) is 47.4 Å². The number of hydrogen-bond donors (Lipinski definition) is 3. The van der Waals surface area contributed by atoms with Gasteiger partial charge in [-0.2, -0.15) is 0 Å². The lowest BCUT2D eigenvalue weighted by Crippen LogP contribution is -1.96. The maximum absolute atomic E-state index is 3.74. The number of aromatic nitrogens is 3. The molecule has 0 atom stereocenters. The molecule has 144 valence electrons. The van der Waals surface area contributed by atoms with Crippen LogP contribution in [-0.2, 0) is 19.3 Å². The average Bonchev–Trinajstić information content (AvgIpc) is 3.42. The highest BCUT2D eigenvalue weighted by Gasteiger charge is 2.23. The fraction of sp³-hybridized carbons (Fsp3) is 0.111. The number of benzene rings is 3. The summed E-state index contributed by atoms with van der Waals surface area (Å²) < 4.78 is 0. The molecule has 3 heterocycles. The molecule has 3 heteroatoms. The van der Waals surface area contributed by atoms with Crippen LogP contribution < -0.4 is 0 Å². The number of aromatic amines is 3. The zero-order valence-electron chi connectivity index (χ0n) is 16.5. The first-order chi connectivity index (χ1) is 14.8. The largest absolute Gasteiger partial charge is 0.358 e. The van der Waals surface area contributed by atoms with Crippen LogP contribution in [0.1, 0.15) is 33.8 Å². The predicted octanol–water partition coefficient (Wildman–Crippen LogP) is 6.22. The Bertz CT molecular complexity index is 1380. The van der Waals surface area contributed by atoms with Crippen molar-refractivity contribution in [3.63, 3.8) is 0 Å². The van der Waals surface area contributed by atoms with Crippen LogP contribution in [0.2, 0.25) is 0 Å². The highest BCUT2D eigenvalue weighted by Crippen LogP contribution is 2.36. The number of rotatable bonds is 0. The fourth-order valence-electron chi connectivity index (χ4n) is 5.36. The van der Waals surface area contributed by atoms with Gasteiger partial charge >= 0.3 is 0 Å². The first-order valence-corrected chi connectivity index (χ1v) is 10.6. The Balaban J connectivity index is 1.59. The zero-order chi connectivity index (χ0) is 19.7. The molecule has 0 aliphatic heterocycles. The van der Waals surface area contributed by atoms with E-state index in [2.05, 4.69) is 87.7 Å². The summed E-state index contributed by atoms with van der Waals surface area (Å²) in [5.41, 5.74) is 11.9. The molecular weight excluding hydrogens is 366 g/mol. The molecule has 0 saturated heterocycles. The number of para-hydroxylation sites is 3. The van der Waals surface area contributed by atoms with Crippen molar-refractivity contribution >= 4 is 32.7 Å². The summed E-state index contributed by atoms with van der Waals surface area (Å²) in [5, 5.41) is 4.00. The van der Waals surface area contributed by atoms with E-state index in [9.17, 15) is 0 Å². The van der Waals surface area contributed by atoms with Crippen LogP contribution in [0.3, 0.4) is 0 Å². The van der Waals surface area contributed by atoms with E-state index in [0.29, 0.717) is 0 Å². The van der Waals surface area contributed by atoms with E-state index in [1.807, 2.05) is 0 Å². The number of hydrogen-bond acceptors (Lipinski definition) is 0. The molecule has 0 unspecified atom stereocenters. The van der Waals surface area contributed by atoms with Crippen molar-refractivity contribution in [2.24, 2.45) is 0 Å². The van der Waals surface area contributed by atoms with Gasteiger partial charge in [-0.3, -0.25) is 0 Å². The van der Waals surface area contributed by atoms with Gasteiger partial charge in [0.2, 0.25) is 0 Å². The van der Waals surface area contributed by atoms with Gasteiger partial charge in [0.05, 0.1) is 0 Å². The average molecular weight is 387 g/mol. The van der Waals surface area contributed by atoms with Crippen LogP contribution in [0.5, 0.6) is 0 Å². The van der Waals surface area contributed by atoms with Gasteiger partial charge in [0, 0.05) is 69.1 Å². The highest BCUT2D eigenvalue weighted by atomic mass is 14.8. The Labute approximate surface area is 173 Å². The summed E-state index contributed by atoms with van der Waals surface area (Å²) in [5.74, 6) is 0. The van der Waals surface area contributed by atoms with Crippen LogP contribution in [0, 0.1) is 0 Å². The second kappa shape index (κ2) is 5.90. The van der Waals surface area contributed by atoms with Crippen molar-refractivity contribution < 1.29 is 0 Å². The molecule has 6 aromatic rings. The molecule has 0 amide bonds. The van der Waals surface area contributed by atoms with Crippen molar-refractivity contribution in [1.29, 1.82) is 0 Å². The summed E-state index contributed by atoms with van der Waals surface area (Å²) in [4.78, 5) is 11.2. The van der Waals surface area contributed by atoms with E-state index in [4.69, 9.17) is 0 Å². The van der Waals surface area contributed by atoms with Crippen LogP contribution in [0.4, 0.5) is 0 Å². The second-order valence-electron chi connectivity index (χ2n) is 8.41. The van der Waals surface area contributed by atoms with Crippen LogP contribution >= 0.6 is 0 Å². The summed E-state index contributed by atoms with van der Waals surface area (Å²) in [6.45, 7) is 0. The van der Waals surface area contributed by atoms with Gasteiger partial charge in [0.25, 0.3) is 0 Å². The minimum Gasteiger partial charge on any atom is -0.358 e. The molecule has 3 aromatic heterocycles. The quantitative estimate of drug-likeness (QED) is 0.277. The number of fused-ring (bicyclic) bond motifs is 9. The van der Waals surface area contributed by atoms with Crippen molar-refractivity contribution in [3.8, 4) is 0 Å². The normalized spacial score (nSPS) is 13.6. The Morgan fingerprint density at radius 1 is 0.400 bits per heavy atom. The van der Waals surface area contributed by atoms with Gasteiger partial charge in [-0.1, -0.05) is 54.6 Å². The Morgan fingerprint density at radius 3 is 1.03 bits per heavy atom. The van der Waals surface area contributed by atoms with Crippen LogP contribution in [0.25, 0.3) is 32.7 Å². The molecule has 0 spiro atoms. The van der Waals surface area contributed by atoms with Gasteiger partial charge in [-0.15, -0.1) is 0 Å². The van der Waals surface area contributed by atoms with Gasteiger partial charge < -0.3 is 15.0 Å². The molecule has 0 fully saturated rings. The lowest BCUT2D eigenvalue weighted by Gasteiger charge is -2.04. The van der Waals surface area contributed by atoms with Crippen molar-refractivity contribution in [2.75, 3.05) is 0 Å². The third-order valence-electron chi connectivity index (χ3n) is 6.77. The first-order valence-electron chi connectivity index (χ1n) is 10.6. The Hall–Kier alpha value is -3.72. The summed E-state index contributed by atoms with van der Waals surface area (Å²) in [6.07, 6.45) is 2.77. The monoisotopic (exact) mass is 387 g/mol. The lowest BCUT2D eigenvalue weighted by atomic mass is 10.0. The maximum atomic E-state index is 3.74. The van der Waals surface area contributed by atoms with Crippen LogP contribution in [-0.4, -0.2) is 15.0 Å². The van der Waals surface area contributed by atoms with Crippen molar-refractivity contribution in [2.45, 2.75) is 19.3 Å². The zero-order valence-corrected chi connectivity index (χ0v) is 16.5. The maximum Gasteiger partial charge on any atom is 0.0459 e. The molecule has 3 nitrogen and oxygen atoms in total. The molecule has 3 aromatic carbocycles. The summed E-state index contributed by atoms with van der Waals surface area (Å²) >= 11 is 0. The standard InChI is InChI=1S/C27H21N3/c1-4-10-22-16(7-1)19-13-26-21(18-9-3-5-11-23(18)29-26)15-27-20(14-25(19)28-22)17-8-2-6-12-24(17)30-27/h1-12,28-30H,13-15H2. The molecule has 0 radical (unpaired) electrons. The molecule has 1 aliphatic carbocycles. The van der Waals surface area contributed by atoms with E-state index in [1.165, 1.54) is 66.5 Å². The minimum atomic E-state index is 0.922. The molecule has 3 N–H and O–H groups in total. The third kappa shape index (κ3) is 2.20. The molecule has 30 heavy (non-hydrogen) atoms. The SMILES string of the molecule is c1ccc2c3c([nH]c2c1)Cc1c([nH]c2ccccc12)Cc1c([nH]c2ccccc12)C3. The summed E-state index contributed by atoms with van der Waals surface area (Å²) in [6, 6.07) is 26.1. The van der Waals surface area contributed by atoms with E-state index in [-0.39, 0.29) is 0 Å². The number of nitrogens with one attached hydrogen (secondary N) is 3. The number of H-pyrrole nitrogens is 3. The van der Waals surface area contributed by atoms with E-state index in [0.717, 1.165) is 19.3 Å². The van der Waals surface area contributed by atoms with Crippen LogP contribution in [0.15, 0.2) is 72.8 Å². The minimum absolute atomic E-state index is 0.922. The smallest absolute Gasteiger partial charge is 0.0459 e. The molecule has 0 saturated carbocycles. The van der Waals surface area contributed by atoms with E-state index < -0.39 is 0 Å². The van der Waals surface area contributed by atoms with E-state index >= 15 is 0 Å². The van der Waals surface area contributed by atoms with Crippen molar-refractivity contribution in [3.05, 3.63) is 107 Å². The fourth-order valence-corrected chi connectivity index (χ4v) is 5.36. The van der Waals surface area contributed by atoms with E-state index in [1.54, 1.807) is 0 Å². The second-order valence-corrected chi connectivity index (χ2v) is 8.41. The van der Waals surface area contributed by atoms with Gasteiger partial charge in [0.1, 0.15) is 0 Å². The van der Waals surface area contributed by atoms with Gasteiger partial charge in [0.15, 0.2) is 0 Å². The molecule has 0 bridgehead atoms. The third-order valence-corrected chi connectivity index (χ3v) is 6.77. The van der Waals surface area contributed by atoms with Gasteiger partial charge in [-0.05, 0) is 34.9 Å². The predicted molar refractivity (Wildman–Crippen MR) is 123 cm³/mol.